The van der Waals surface area contributed by atoms with Crippen LogP contribution in [-0.4, -0.2) is 19.0 Å². The fourth-order valence-electron chi connectivity index (χ4n) is 2.27. The van der Waals surface area contributed by atoms with Crippen molar-refractivity contribution in [3.8, 4) is 0 Å². The number of halogens is 1. The summed E-state index contributed by atoms with van der Waals surface area (Å²) in [4.78, 5) is 2.36. The van der Waals surface area contributed by atoms with Crippen LogP contribution in [0.5, 0.6) is 0 Å². The van der Waals surface area contributed by atoms with Gasteiger partial charge in [-0.2, -0.15) is 0 Å². The number of hydrogen-bond acceptors (Lipinski definition) is 1. The Morgan fingerprint density at radius 3 is 2.07 bits per heavy atom. The molecule has 0 radical (unpaired) electrons. The lowest BCUT2D eigenvalue weighted by atomic mass is 9.71. The second-order valence-corrected chi connectivity index (χ2v) is 5.20. The van der Waals surface area contributed by atoms with Gasteiger partial charge >= 0.3 is 0 Å². The van der Waals surface area contributed by atoms with Crippen LogP contribution in [0.25, 0.3) is 0 Å². The van der Waals surface area contributed by atoms with Crippen molar-refractivity contribution < 1.29 is 0 Å². The molecule has 14 heavy (non-hydrogen) atoms. The minimum absolute atomic E-state index is 0.320. The molecule has 1 nitrogen and oxygen atoms in total. The highest BCUT2D eigenvalue weighted by atomic mass is 79.9. The zero-order valence-electron chi connectivity index (χ0n) is 8.76. The van der Waals surface area contributed by atoms with Crippen molar-refractivity contribution in [2.45, 2.75) is 24.8 Å². The molecule has 0 aliphatic heterocycles. The van der Waals surface area contributed by atoms with E-state index >= 15 is 0 Å². The summed E-state index contributed by atoms with van der Waals surface area (Å²) < 4.78 is 1.16. The first-order valence-corrected chi connectivity index (χ1v) is 5.88. The molecule has 0 saturated heterocycles. The minimum atomic E-state index is 0.320. The summed E-state index contributed by atoms with van der Waals surface area (Å²) in [6, 6.07) is 8.75. The van der Waals surface area contributed by atoms with E-state index in [9.17, 15) is 0 Å². The number of benzene rings is 1. The standard InChI is InChI=1S/C12H16BrN/c1-14(2)12(8-3-9-12)10-4-6-11(13)7-5-10/h4-7H,3,8-9H2,1-2H3. The Hall–Kier alpha value is -0.340. The average Bonchev–Trinajstić information content (AvgIpc) is 2.05. The van der Waals surface area contributed by atoms with Gasteiger partial charge in [-0.3, -0.25) is 4.90 Å². The third kappa shape index (κ3) is 1.51. The predicted molar refractivity (Wildman–Crippen MR) is 63.4 cm³/mol. The van der Waals surface area contributed by atoms with Crippen molar-refractivity contribution in [1.29, 1.82) is 0 Å². The van der Waals surface area contributed by atoms with Crippen LogP contribution in [0, 0.1) is 0 Å². The van der Waals surface area contributed by atoms with Crippen LogP contribution in [-0.2, 0) is 5.54 Å². The first-order chi connectivity index (χ1) is 6.65. The fourth-order valence-corrected chi connectivity index (χ4v) is 2.53. The lowest BCUT2D eigenvalue weighted by Crippen LogP contribution is -2.47. The van der Waals surface area contributed by atoms with Crippen LogP contribution in [0.1, 0.15) is 24.8 Å². The molecule has 0 bridgehead atoms. The number of hydrogen-bond donors (Lipinski definition) is 0. The third-order valence-corrected chi connectivity index (χ3v) is 3.95. The molecule has 1 saturated carbocycles. The Morgan fingerprint density at radius 2 is 1.71 bits per heavy atom. The summed E-state index contributed by atoms with van der Waals surface area (Å²) in [6.07, 6.45) is 3.94. The summed E-state index contributed by atoms with van der Waals surface area (Å²) >= 11 is 3.48. The van der Waals surface area contributed by atoms with Gasteiger partial charge in [0.15, 0.2) is 0 Å². The van der Waals surface area contributed by atoms with Crippen molar-refractivity contribution in [3.63, 3.8) is 0 Å². The molecule has 0 spiro atoms. The van der Waals surface area contributed by atoms with E-state index in [0.29, 0.717) is 5.54 Å². The monoisotopic (exact) mass is 253 g/mol. The topological polar surface area (TPSA) is 3.24 Å². The van der Waals surface area contributed by atoms with E-state index in [0.717, 1.165) is 4.47 Å². The average molecular weight is 254 g/mol. The van der Waals surface area contributed by atoms with E-state index in [4.69, 9.17) is 0 Å². The van der Waals surface area contributed by atoms with Gasteiger partial charge in [0.1, 0.15) is 0 Å². The van der Waals surface area contributed by atoms with Crippen LogP contribution >= 0.6 is 15.9 Å². The Kier molecular flexibility index (Phi) is 2.67. The summed E-state index contributed by atoms with van der Waals surface area (Å²) in [5.74, 6) is 0. The second kappa shape index (κ2) is 3.67. The molecule has 2 heteroatoms. The zero-order valence-corrected chi connectivity index (χ0v) is 10.3. The molecule has 0 aromatic heterocycles. The largest absolute Gasteiger partial charge is 0.300 e. The molecule has 0 atom stereocenters. The van der Waals surface area contributed by atoms with Crippen LogP contribution in [0.4, 0.5) is 0 Å². The van der Waals surface area contributed by atoms with Crippen molar-refractivity contribution in [3.05, 3.63) is 34.3 Å². The molecule has 0 amide bonds. The van der Waals surface area contributed by atoms with Crippen LogP contribution in [0.3, 0.4) is 0 Å². The maximum atomic E-state index is 3.48. The van der Waals surface area contributed by atoms with E-state index in [-0.39, 0.29) is 0 Å². The van der Waals surface area contributed by atoms with Gasteiger partial charge in [0.25, 0.3) is 0 Å². The van der Waals surface area contributed by atoms with Gasteiger partial charge in [-0.05, 0) is 51.1 Å². The predicted octanol–water partition coefficient (Wildman–Crippen LogP) is 3.39. The molecule has 0 heterocycles. The van der Waals surface area contributed by atoms with Crippen molar-refractivity contribution in [1.82, 2.24) is 4.90 Å². The van der Waals surface area contributed by atoms with Gasteiger partial charge in [-0.25, -0.2) is 0 Å². The normalized spacial score (nSPS) is 19.4. The SMILES string of the molecule is CN(C)C1(c2ccc(Br)cc2)CCC1. The summed E-state index contributed by atoms with van der Waals surface area (Å²) in [5.41, 5.74) is 1.78. The lowest BCUT2D eigenvalue weighted by molar-refractivity contribution is 0.0577. The van der Waals surface area contributed by atoms with E-state index < -0.39 is 0 Å². The van der Waals surface area contributed by atoms with Crippen LogP contribution in [0.2, 0.25) is 0 Å². The molecular formula is C12H16BrN. The zero-order chi connectivity index (χ0) is 10.2. The molecule has 1 aromatic carbocycles. The van der Waals surface area contributed by atoms with Gasteiger partial charge in [-0.15, -0.1) is 0 Å². The van der Waals surface area contributed by atoms with Gasteiger partial charge in [0.05, 0.1) is 0 Å². The van der Waals surface area contributed by atoms with Gasteiger partial charge in [0, 0.05) is 10.0 Å². The molecule has 1 aromatic rings. The fraction of sp³-hybridized carbons (Fsp3) is 0.500. The lowest BCUT2D eigenvalue weighted by Gasteiger charge is -2.47. The summed E-state index contributed by atoms with van der Waals surface area (Å²) in [5, 5.41) is 0. The molecule has 1 aliphatic rings. The molecule has 0 N–H and O–H groups in total. The molecule has 2 rings (SSSR count). The van der Waals surface area contributed by atoms with Crippen LogP contribution < -0.4 is 0 Å². The molecule has 0 unspecified atom stereocenters. The van der Waals surface area contributed by atoms with Gasteiger partial charge in [-0.1, -0.05) is 28.1 Å². The molecular weight excluding hydrogens is 238 g/mol. The first kappa shape index (κ1) is 10.2. The Labute approximate surface area is 94.2 Å². The summed E-state index contributed by atoms with van der Waals surface area (Å²) in [6.45, 7) is 0. The summed E-state index contributed by atoms with van der Waals surface area (Å²) in [7, 11) is 4.36. The smallest absolute Gasteiger partial charge is 0.0454 e. The van der Waals surface area contributed by atoms with Crippen molar-refractivity contribution >= 4 is 15.9 Å². The van der Waals surface area contributed by atoms with E-state index in [1.54, 1.807) is 0 Å². The highest BCUT2D eigenvalue weighted by Crippen LogP contribution is 2.45. The van der Waals surface area contributed by atoms with Crippen LogP contribution in [0.15, 0.2) is 28.7 Å². The Bertz CT molecular complexity index is 312. The van der Waals surface area contributed by atoms with Gasteiger partial charge in [0.2, 0.25) is 0 Å². The second-order valence-electron chi connectivity index (χ2n) is 4.29. The maximum Gasteiger partial charge on any atom is 0.0454 e. The van der Waals surface area contributed by atoms with E-state index in [2.05, 4.69) is 59.2 Å². The number of nitrogens with zero attached hydrogens (tertiary/aromatic N) is 1. The van der Waals surface area contributed by atoms with Crippen molar-refractivity contribution in [2.24, 2.45) is 0 Å². The van der Waals surface area contributed by atoms with Gasteiger partial charge < -0.3 is 0 Å². The minimum Gasteiger partial charge on any atom is -0.300 e. The quantitative estimate of drug-likeness (QED) is 0.781. The molecule has 1 fully saturated rings. The molecule has 76 valence electrons. The van der Waals surface area contributed by atoms with E-state index in [1.807, 2.05) is 0 Å². The van der Waals surface area contributed by atoms with E-state index in [1.165, 1.54) is 24.8 Å². The van der Waals surface area contributed by atoms with Crippen molar-refractivity contribution in [2.75, 3.05) is 14.1 Å². The third-order valence-electron chi connectivity index (χ3n) is 3.42. The Morgan fingerprint density at radius 1 is 1.14 bits per heavy atom. The highest BCUT2D eigenvalue weighted by molar-refractivity contribution is 9.10. The maximum absolute atomic E-state index is 3.48. The number of rotatable bonds is 2. The Balaban J connectivity index is 2.32. The molecule has 1 aliphatic carbocycles. The highest BCUT2D eigenvalue weighted by Gasteiger charge is 2.40. The first-order valence-electron chi connectivity index (χ1n) is 5.09.